The molecule has 0 radical (unpaired) electrons. The molecule has 9 nitrogen and oxygen atoms in total. The number of carbonyl (C=O) groups is 1. The van der Waals surface area contributed by atoms with E-state index in [0.717, 1.165) is 22.7 Å². The fourth-order valence-electron chi connectivity index (χ4n) is 4.16. The lowest BCUT2D eigenvalue weighted by molar-refractivity contribution is 0.0674. The number of carbonyl (C=O) groups excluding carboxylic acids is 1. The molecule has 3 aromatic rings. The van der Waals surface area contributed by atoms with Crippen molar-refractivity contribution in [3.05, 3.63) is 42.7 Å². The molecule has 1 N–H and O–H groups in total. The van der Waals surface area contributed by atoms with Crippen LogP contribution in [-0.4, -0.2) is 52.5 Å². The van der Waals surface area contributed by atoms with E-state index in [9.17, 15) is 4.79 Å². The molecule has 0 bridgehead atoms. The molecule has 10 heteroatoms. The van der Waals surface area contributed by atoms with Crippen molar-refractivity contribution in [2.24, 2.45) is 5.92 Å². The lowest BCUT2D eigenvalue weighted by Gasteiger charge is -2.21. The van der Waals surface area contributed by atoms with Crippen LogP contribution in [0.5, 0.6) is 5.75 Å². The molecular formula is C26H36N6O3Si. The van der Waals surface area contributed by atoms with Gasteiger partial charge in [0.1, 0.15) is 5.75 Å². The second-order valence-electron chi connectivity index (χ2n) is 10.6. The van der Waals surface area contributed by atoms with Crippen LogP contribution in [-0.2, 0) is 11.5 Å². The van der Waals surface area contributed by atoms with Gasteiger partial charge in [0.15, 0.2) is 6.73 Å². The van der Waals surface area contributed by atoms with E-state index in [2.05, 4.69) is 45.4 Å². The maximum absolute atomic E-state index is 12.3. The predicted octanol–water partition coefficient (Wildman–Crippen LogP) is 5.38. The minimum atomic E-state index is -1.14. The summed E-state index contributed by atoms with van der Waals surface area (Å²) in [6, 6.07) is 10.4. The van der Waals surface area contributed by atoms with Crippen LogP contribution in [0.3, 0.4) is 0 Å². The van der Waals surface area contributed by atoms with E-state index < -0.39 is 14.2 Å². The molecule has 0 atom stereocenters. The Morgan fingerprint density at radius 3 is 2.69 bits per heavy atom. The molecule has 1 saturated carbocycles. The monoisotopic (exact) mass is 508 g/mol. The highest BCUT2D eigenvalue weighted by Gasteiger charge is 2.16. The van der Waals surface area contributed by atoms with Gasteiger partial charge < -0.3 is 14.8 Å². The van der Waals surface area contributed by atoms with E-state index in [1.165, 1.54) is 36.9 Å². The summed E-state index contributed by atoms with van der Waals surface area (Å²) in [7, 11) is -1.14. The molecule has 1 aromatic carbocycles. The first-order chi connectivity index (χ1) is 17.4. The van der Waals surface area contributed by atoms with Crippen molar-refractivity contribution in [2.75, 3.05) is 13.2 Å². The highest BCUT2D eigenvalue weighted by Crippen LogP contribution is 2.27. The lowest BCUT2D eigenvalue weighted by Crippen LogP contribution is -2.32. The fraction of sp³-hybridized carbons (Fsp3) is 0.500. The summed E-state index contributed by atoms with van der Waals surface area (Å²) in [6.07, 6.45) is 9.18. The van der Waals surface area contributed by atoms with Crippen LogP contribution in [0.4, 0.5) is 4.79 Å². The topological polar surface area (TPSA) is 104 Å². The zero-order chi connectivity index (χ0) is 25.4. The third-order valence-electron chi connectivity index (χ3n) is 6.29. The number of nitrogens with one attached hydrogen (secondary N) is 1. The molecule has 0 spiro atoms. The number of amides is 1. The molecule has 1 aliphatic carbocycles. The predicted molar refractivity (Wildman–Crippen MR) is 141 cm³/mol. The Hall–Kier alpha value is -3.11. The normalized spacial score (nSPS) is 14.5. The van der Waals surface area contributed by atoms with Crippen LogP contribution in [0.2, 0.25) is 25.7 Å². The van der Waals surface area contributed by atoms with Crippen LogP contribution in [0.15, 0.2) is 42.7 Å². The second kappa shape index (κ2) is 12.2. The van der Waals surface area contributed by atoms with E-state index in [1.54, 1.807) is 18.5 Å². The molecule has 2 aromatic heterocycles. The number of tetrazole rings is 1. The minimum absolute atomic E-state index is 0.271. The standard InChI is InChI=1S/C26H36N6O3Si/c1-36(2,3)13-12-34-19-32-30-25(29-31-32)23-14-22(17-27-18-23)21-10-7-11-24(15-21)35-26(33)28-16-20-8-5-4-6-9-20/h7,10-11,14-15,17-18,20H,4-6,8-9,12-13,16,19H2,1-3H3,(H,28,33). The first kappa shape index (κ1) is 26.0. The van der Waals surface area contributed by atoms with Gasteiger partial charge in [-0.3, -0.25) is 4.98 Å². The molecule has 192 valence electrons. The van der Waals surface area contributed by atoms with Crippen LogP contribution in [0.25, 0.3) is 22.5 Å². The average molecular weight is 509 g/mol. The Morgan fingerprint density at radius 1 is 1.08 bits per heavy atom. The molecule has 1 fully saturated rings. The fourth-order valence-corrected chi connectivity index (χ4v) is 4.92. The number of nitrogens with zero attached hydrogens (tertiary/aromatic N) is 5. The summed E-state index contributed by atoms with van der Waals surface area (Å²) >= 11 is 0. The number of rotatable bonds is 10. The second-order valence-corrected chi connectivity index (χ2v) is 16.2. The van der Waals surface area contributed by atoms with Crippen LogP contribution in [0.1, 0.15) is 32.1 Å². The smallest absolute Gasteiger partial charge is 0.410 e. The van der Waals surface area contributed by atoms with E-state index in [-0.39, 0.29) is 6.73 Å². The molecule has 4 rings (SSSR count). The number of aromatic nitrogens is 5. The van der Waals surface area contributed by atoms with E-state index in [1.807, 2.05) is 24.3 Å². The van der Waals surface area contributed by atoms with Gasteiger partial charge in [0.25, 0.3) is 0 Å². The van der Waals surface area contributed by atoms with Gasteiger partial charge in [0.2, 0.25) is 5.82 Å². The van der Waals surface area contributed by atoms with Gasteiger partial charge in [-0.15, -0.1) is 15.0 Å². The Labute approximate surface area is 213 Å². The highest BCUT2D eigenvalue weighted by atomic mass is 28.3. The van der Waals surface area contributed by atoms with Gasteiger partial charge in [-0.1, -0.05) is 51.0 Å². The summed E-state index contributed by atoms with van der Waals surface area (Å²) in [4.78, 5) is 18.1. The Bertz CT molecular complexity index is 1140. The van der Waals surface area contributed by atoms with E-state index in [0.29, 0.717) is 30.6 Å². The van der Waals surface area contributed by atoms with Gasteiger partial charge in [0.05, 0.1) is 0 Å². The van der Waals surface area contributed by atoms with Gasteiger partial charge in [0, 0.05) is 44.7 Å². The van der Waals surface area contributed by atoms with Crippen molar-refractivity contribution >= 4 is 14.2 Å². The van der Waals surface area contributed by atoms with E-state index in [4.69, 9.17) is 9.47 Å². The maximum Gasteiger partial charge on any atom is 0.412 e. The van der Waals surface area contributed by atoms with Crippen LogP contribution in [0, 0.1) is 5.92 Å². The van der Waals surface area contributed by atoms with Gasteiger partial charge in [-0.25, -0.2) is 4.79 Å². The first-order valence-corrected chi connectivity index (χ1v) is 16.4. The summed E-state index contributed by atoms with van der Waals surface area (Å²) < 4.78 is 11.2. The van der Waals surface area contributed by atoms with Crippen molar-refractivity contribution < 1.29 is 14.3 Å². The molecule has 1 amide bonds. The third kappa shape index (κ3) is 7.96. The molecule has 0 unspecified atom stereocenters. The van der Waals surface area contributed by atoms with Crippen molar-refractivity contribution in [3.8, 4) is 28.3 Å². The number of hydrogen-bond acceptors (Lipinski definition) is 7. The largest absolute Gasteiger partial charge is 0.412 e. The van der Waals surface area contributed by atoms with Gasteiger partial charge >= 0.3 is 6.09 Å². The summed E-state index contributed by atoms with van der Waals surface area (Å²) in [5, 5.41) is 15.6. The number of hydrogen-bond donors (Lipinski definition) is 1. The maximum atomic E-state index is 12.3. The average Bonchev–Trinajstić information content (AvgIpc) is 3.35. The van der Waals surface area contributed by atoms with Crippen molar-refractivity contribution in [2.45, 2.75) is 64.5 Å². The van der Waals surface area contributed by atoms with E-state index >= 15 is 0 Å². The minimum Gasteiger partial charge on any atom is -0.410 e. The molecular weight excluding hydrogens is 472 g/mol. The summed E-state index contributed by atoms with van der Waals surface area (Å²) in [5.74, 6) is 1.51. The van der Waals surface area contributed by atoms with Crippen LogP contribution < -0.4 is 10.1 Å². The summed E-state index contributed by atoms with van der Waals surface area (Å²) in [5.41, 5.74) is 2.49. The molecule has 36 heavy (non-hydrogen) atoms. The quantitative estimate of drug-likeness (QED) is 0.289. The first-order valence-electron chi connectivity index (χ1n) is 12.7. The third-order valence-corrected chi connectivity index (χ3v) is 7.99. The Morgan fingerprint density at radius 2 is 1.89 bits per heavy atom. The van der Waals surface area contributed by atoms with Crippen LogP contribution >= 0.6 is 0 Å². The number of benzene rings is 1. The molecule has 0 saturated heterocycles. The molecule has 1 aliphatic rings. The zero-order valence-electron chi connectivity index (χ0n) is 21.4. The number of pyridine rings is 1. The zero-order valence-corrected chi connectivity index (χ0v) is 22.4. The van der Waals surface area contributed by atoms with Gasteiger partial charge in [-0.05, 0) is 53.8 Å². The van der Waals surface area contributed by atoms with Gasteiger partial charge in [-0.2, -0.15) is 0 Å². The van der Waals surface area contributed by atoms with Crippen molar-refractivity contribution in [1.82, 2.24) is 30.5 Å². The SMILES string of the molecule is C[Si](C)(C)CCOCn1nnc(-c2cncc(-c3cccc(OC(=O)NCC4CCCCC4)c3)c2)n1. The van der Waals surface area contributed by atoms with Crippen molar-refractivity contribution in [1.29, 1.82) is 0 Å². The molecule has 2 heterocycles. The Kier molecular flexibility index (Phi) is 8.82. The Balaban J connectivity index is 1.35. The highest BCUT2D eigenvalue weighted by molar-refractivity contribution is 6.76. The molecule has 0 aliphatic heterocycles. The number of ether oxygens (including phenoxy) is 2. The lowest BCUT2D eigenvalue weighted by atomic mass is 9.89. The van der Waals surface area contributed by atoms with Crippen molar-refractivity contribution in [3.63, 3.8) is 0 Å². The summed E-state index contributed by atoms with van der Waals surface area (Å²) in [6.45, 7) is 8.58.